The monoisotopic (exact) mass is 273 g/mol. The lowest BCUT2D eigenvalue weighted by molar-refractivity contribution is -0.174. The van der Waals surface area contributed by atoms with Crippen LogP contribution in [0, 0.1) is 28.6 Å². The molecule has 1 nitrogen and oxygen atoms in total. The van der Waals surface area contributed by atoms with Gasteiger partial charge < -0.3 is 6.15 Å². The van der Waals surface area contributed by atoms with Crippen LogP contribution in [0.5, 0.6) is 0 Å². The molecule has 0 heterocycles. The fraction of sp³-hybridized carbons (Fsp3) is 0.684. The number of allylic oxidation sites excluding steroid dienone is 3. The van der Waals surface area contributed by atoms with Gasteiger partial charge in [-0.25, -0.2) is 0 Å². The molecule has 1 heteroatoms. The van der Waals surface area contributed by atoms with Crippen molar-refractivity contribution in [1.29, 1.82) is 0 Å². The summed E-state index contributed by atoms with van der Waals surface area (Å²) in [6.07, 6.45) is 17.4. The van der Waals surface area contributed by atoms with Gasteiger partial charge in [0.1, 0.15) is 0 Å². The van der Waals surface area contributed by atoms with Crippen LogP contribution in [-0.2, 0) is 0 Å². The van der Waals surface area contributed by atoms with Crippen molar-refractivity contribution in [3.63, 3.8) is 0 Å². The van der Waals surface area contributed by atoms with Crippen molar-refractivity contribution in [3.8, 4) is 0 Å². The quantitative estimate of drug-likeness (QED) is 0.620. The highest BCUT2D eigenvalue weighted by molar-refractivity contribution is 5.17. The predicted molar refractivity (Wildman–Crippen MR) is 87.9 cm³/mol. The van der Waals surface area contributed by atoms with Gasteiger partial charge in [0, 0.05) is 0 Å². The Morgan fingerprint density at radius 3 is 1.75 bits per heavy atom. The van der Waals surface area contributed by atoms with Crippen LogP contribution in [0.25, 0.3) is 0 Å². The molecule has 4 aliphatic rings. The molecule has 0 radical (unpaired) electrons. The van der Waals surface area contributed by atoms with E-state index in [-0.39, 0.29) is 6.15 Å². The third-order valence-electron chi connectivity index (χ3n) is 6.65. The smallest absolute Gasteiger partial charge is 0.0141 e. The van der Waals surface area contributed by atoms with Crippen molar-refractivity contribution in [1.82, 2.24) is 6.15 Å². The van der Waals surface area contributed by atoms with E-state index < -0.39 is 0 Å². The minimum Gasteiger partial charge on any atom is -0.344 e. The molecule has 4 aliphatic carbocycles. The Hall–Kier alpha value is -0.820. The van der Waals surface area contributed by atoms with Crippen LogP contribution in [0.4, 0.5) is 0 Å². The molecule has 3 N–H and O–H groups in total. The molecule has 0 aromatic rings. The van der Waals surface area contributed by atoms with E-state index in [2.05, 4.69) is 38.0 Å². The van der Waals surface area contributed by atoms with E-state index in [1.165, 1.54) is 51.4 Å². The first-order chi connectivity index (χ1) is 9.19. The summed E-state index contributed by atoms with van der Waals surface area (Å²) in [5, 5.41) is 0. The van der Waals surface area contributed by atoms with E-state index in [1.807, 2.05) is 0 Å². The first-order valence-electron chi connectivity index (χ1n) is 8.02. The molecule has 0 saturated heterocycles. The van der Waals surface area contributed by atoms with Crippen LogP contribution < -0.4 is 6.15 Å². The van der Waals surface area contributed by atoms with Gasteiger partial charge in [-0.1, -0.05) is 18.2 Å². The van der Waals surface area contributed by atoms with Gasteiger partial charge in [0.15, 0.2) is 0 Å². The van der Waals surface area contributed by atoms with Crippen LogP contribution in [0.3, 0.4) is 0 Å². The number of hydrogen-bond acceptors (Lipinski definition) is 1. The summed E-state index contributed by atoms with van der Waals surface area (Å²) < 4.78 is 0. The highest BCUT2D eigenvalue weighted by atomic mass is 14.7. The minimum atomic E-state index is 0. The molecule has 2 atom stereocenters. The Morgan fingerprint density at radius 2 is 1.30 bits per heavy atom. The van der Waals surface area contributed by atoms with E-state index >= 15 is 0 Å². The standard InChI is InChI=1S/C19H28.H3N/c1-4-7-18-13-15-10-16(14-18)12-17(11-15)19(18,8-5-2)9-6-3;/h4-6,15-17H,1-3,7-14H2;1H3. The van der Waals surface area contributed by atoms with E-state index in [9.17, 15) is 0 Å². The molecule has 0 spiro atoms. The molecule has 4 rings (SSSR count). The Balaban J connectivity index is 0.00000147. The van der Waals surface area contributed by atoms with E-state index in [0.29, 0.717) is 10.8 Å². The summed E-state index contributed by atoms with van der Waals surface area (Å²) in [6, 6.07) is 0. The van der Waals surface area contributed by atoms with E-state index in [4.69, 9.17) is 0 Å². The molecule has 20 heavy (non-hydrogen) atoms. The Morgan fingerprint density at radius 1 is 0.800 bits per heavy atom. The lowest BCUT2D eigenvalue weighted by Gasteiger charge is -2.68. The van der Waals surface area contributed by atoms with Gasteiger partial charge in [-0.15, -0.1) is 19.7 Å². The summed E-state index contributed by atoms with van der Waals surface area (Å²) in [5.41, 5.74) is 0.948. The SMILES string of the molecule is C=CCC12CC3CC(CC(C3)C1(CC=C)CC=C)C2.N. The highest BCUT2D eigenvalue weighted by Crippen LogP contribution is 2.72. The van der Waals surface area contributed by atoms with Gasteiger partial charge in [0.05, 0.1) is 0 Å². The number of hydrogen-bond donors (Lipinski definition) is 1. The molecule has 4 fully saturated rings. The molecule has 0 aliphatic heterocycles. The average molecular weight is 273 g/mol. The van der Waals surface area contributed by atoms with Crippen molar-refractivity contribution in [3.05, 3.63) is 38.0 Å². The van der Waals surface area contributed by atoms with E-state index in [0.717, 1.165) is 17.8 Å². The first-order valence-corrected chi connectivity index (χ1v) is 8.02. The Labute approximate surface area is 124 Å². The largest absolute Gasteiger partial charge is 0.344 e. The maximum absolute atomic E-state index is 4.07. The normalized spacial score (nSPS) is 39.9. The highest BCUT2D eigenvalue weighted by Gasteiger charge is 2.63. The maximum Gasteiger partial charge on any atom is -0.0141 e. The summed E-state index contributed by atoms with van der Waals surface area (Å²) in [7, 11) is 0. The second-order valence-electron chi connectivity index (χ2n) is 7.46. The lowest BCUT2D eigenvalue weighted by atomic mass is 9.36. The van der Waals surface area contributed by atoms with Crippen LogP contribution in [-0.4, -0.2) is 0 Å². The fourth-order valence-corrected chi connectivity index (χ4v) is 6.39. The molecule has 0 aromatic heterocycles. The minimum absolute atomic E-state index is 0. The number of rotatable bonds is 6. The van der Waals surface area contributed by atoms with Gasteiger partial charge in [-0.05, 0) is 80.0 Å². The van der Waals surface area contributed by atoms with Crippen LogP contribution >= 0.6 is 0 Å². The van der Waals surface area contributed by atoms with Crippen molar-refractivity contribution in [2.75, 3.05) is 0 Å². The third-order valence-corrected chi connectivity index (χ3v) is 6.65. The summed E-state index contributed by atoms with van der Waals surface area (Å²) in [6.45, 7) is 12.2. The van der Waals surface area contributed by atoms with Gasteiger partial charge in [-0.3, -0.25) is 0 Å². The van der Waals surface area contributed by atoms with Crippen molar-refractivity contribution in [2.45, 2.75) is 51.4 Å². The lowest BCUT2D eigenvalue weighted by Crippen LogP contribution is -2.59. The average Bonchev–Trinajstić information content (AvgIpc) is 2.35. The van der Waals surface area contributed by atoms with Crippen LogP contribution in [0.15, 0.2) is 38.0 Å². The van der Waals surface area contributed by atoms with Gasteiger partial charge >= 0.3 is 0 Å². The first kappa shape index (κ1) is 15.6. The van der Waals surface area contributed by atoms with E-state index in [1.54, 1.807) is 0 Å². The van der Waals surface area contributed by atoms with Crippen molar-refractivity contribution < 1.29 is 0 Å². The summed E-state index contributed by atoms with van der Waals surface area (Å²) >= 11 is 0. The zero-order valence-electron chi connectivity index (χ0n) is 12.9. The molecule has 4 saturated carbocycles. The molecule has 4 bridgehead atoms. The Kier molecular flexibility index (Phi) is 4.30. The Bertz CT molecular complexity index is 371. The zero-order chi connectivity index (χ0) is 13.5. The molecule has 2 unspecified atom stereocenters. The van der Waals surface area contributed by atoms with Crippen LogP contribution in [0.2, 0.25) is 0 Å². The summed E-state index contributed by atoms with van der Waals surface area (Å²) in [4.78, 5) is 0. The van der Waals surface area contributed by atoms with Gasteiger partial charge in [0.2, 0.25) is 0 Å². The summed E-state index contributed by atoms with van der Waals surface area (Å²) in [5.74, 6) is 2.91. The fourth-order valence-electron chi connectivity index (χ4n) is 6.39. The third kappa shape index (κ3) is 1.94. The second-order valence-corrected chi connectivity index (χ2v) is 7.46. The predicted octanol–water partition coefficient (Wildman–Crippen LogP) is 5.69. The molecule has 0 amide bonds. The maximum atomic E-state index is 4.07. The zero-order valence-corrected chi connectivity index (χ0v) is 12.9. The van der Waals surface area contributed by atoms with Gasteiger partial charge in [0.25, 0.3) is 0 Å². The second kappa shape index (κ2) is 5.52. The topological polar surface area (TPSA) is 35.0 Å². The molecule has 112 valence electrons. The molecular formula is C19H31N. The van der Waals surface area contributed by atoms with Crippen molar-refractivity contribution in [2.24, 2.45) is 28.6 Å². The van der Waals surface area contributed by atoms with Crippen molar-refractivity contribution >= 4 is 0 Å². The molecule has 0 aromatic carbocycles. The van der Waals surface area contributed by atoms with Gasteiger partial charge in [-0.2, -0.15) is 0 Å². The van der Waals surface area contributed by atoms with Crippen LogP contribution in [0.1, 0.15) is 51.4 Å². The molecular weight excluding hydrogens is 242 g/mol.